The van der Waals surface area contributed by atoms with Crippen LogP contribution in [0.3, 0.4) is 0 Å². The first-order valence-electron chi connectivity index (χ1n) is 9.42. The molecule has 150 valence electrons. The van der Waals surface area contributed by atoms with E-state index < -0.39 is 0 Å². The molecule has 10 heteroatoms. The van der Waals surface area contributed by atoms with E-state index in [9.17, 15) is 10.1 Å². The zero-order valence-corrected chi connectivity index (χ0v) is 16.5. The molecular weight excluding hydrogens is 372 g/mol. The first-order chi connectivity index (χ1) is 14.0. The zero-order chi connectivity index (χ0) is 20.5. The number of likely N-dealkylation sites (tertiary alicyclic amines) is 1. The molecule has 0 radical (unpaired) electrons. The number of anilines is 2. The number of aromatic nitrogens is 4. The van der Waals surface area contributed by atoms with Crippen molar-refractivity contribution in [2.24, 2.45) is 5.92 Å². The second-order valence-corrected chi connectivity index (χ2v) is 7.34. The van der Waals surface area contributed by atoms with Crippen molar-refractivity contribution in [3.63, 3.8) is 0 Å². The summed E-state index contributed by atoms with van der Waals surface area (Å²) in [6.07, 6.45) is 4.23. The number of nitrogens with zero attached hydrogens (tertiary/aromatic N) is 6. The lowest BCUT2D eigenvalue weighted by atomic mass is 9.92. The molecule has 3 aromatic rings. The minimum atomic E-state index is -0.308. The van der Waals surface area contributed by atoms with Crippen LogP contribution >= 0.6 is 0 Å². The van der Waals surface area contributed by atoms with Gasteiger partial charge in [0.25, 0.3) is 5.88 Å². The van der Waals surface area contributed by atoms with Crippen molar-refractivity contribution in [2.45, 2.75) is 26.3 Å². The Bertz CT molecular complexity index is 1080. The minimum Gasteiger partial charge on any atom is -0.354 e. The second kappa shape index (κ2) is 7.43. The molecular formula is C19H22N8O2. The van der Waals surface area contributed by atoms with Crippen LogP contribution in [0.4, 0.5) is 16.5 Å². The summed E-state index contributed by atoms with van der Waals surface area (Å²) in [5.41, 5.74) is 1.48. The van der Waals surface area contributed by atoms with Crippen LogP contribution in [0.2, 0.25) is 0 Å². The number of H-pyrrole nitrogens is 1. The predicted molar refractivity (Wildman–Crippen MR) is 106 cm³/mol. The average molecular weight is 394 g/mol. The van der Waals surface area contributed by atoms with E-state index >= 15 is 0 Å². The summed E-state index contributed by atoms with van der Waals surface area (Å²) in [5, 5.41) is 16.6. The lowest BCUT2D eigenvalue weighted by Gasteiger charge is -2.42. The molecule has 1 aliphatic heterocycles. The SMILES string of the molecule is Cc1noc(NC(=O)N2CCC(C)C(N(C)c3ncnc4[nH]ccc34)C2)c1C#N. The van der Waals surface area contributed by atoms with E-state index in [0.29, 0.717) is 24.7 Å². The highest BCUT2D eigenvalue weighted by Gasteiger charge is 2.33. The van der Waals surface area contributed by atoms with Gasteiger partial charge in [-0.2, -0.15) is 5.26 Å². The van der Waals surface area contributed by atoms with Crippen molar-refractivity contribution in [1.82, 2.24) is 25.0 Å². The monoisotopic (exact) mass is 394 g/mol. The van der Waals surface area contributed by atoms with Crippen LogP contribution in [0.5, 0.6) is 0 Å². The van der Waals surface area contributed by atoms with Gasteiger partial charge < -0.3 is 19.3 Å². The molecule has 0 aromatic carbocycles. The fourth-order valence-electron chi connectivity index (χ4n) is 3.80. The van der Waals surface area contributed by atoms with Gasteiger partial charge in [-0.3, -0.25) is 5.32 Å². The number of hydrogen-bond donors (Lipinski definition) is 2. The highest BCUT2D eigenvalue weighted by Crippen LogP contribution is 2.29. The number of aromatic amines is 1. The number of rotatable bonds is 3. The number of amides is 2. The van der Waals surface area contributed by atoms with E-state index in [4.69, 9.17) is 4.52 Å². The lowest BCUT2D eigenvalue weighted by Crippen LogP contribution is -2.53. The van der Waals surface area contributed by atoms with Crippen LogP contribution in [-0.2, 0) is 0 Å². The van der Waals surface area contributed by atoms with Crippen LogP contribution in [0.25, 0.3) is 11.0 Å². The van der Waals surface area contributed by atoms with E-state index in [1.807, 2.05) is 25.4 Å². The molecule has 10 nitrogen and oxygen atoms in total. The van der Waals surface area contributed by atoms with Crippen molar-refractivity contribution in [3.8, 4) is 6.07 Å². The Kier molecular flexibility index (Phi) is 4.80. The van der Waals surface area contributed by atoms with Crippen LogP contribution in [0.1, 0.15) is 24.6 Å². The molecule has 2 amide bonds. The molecule has 4 rings (SSSR count). The summed E-state index contributed by atoms with van der Waals surface area (Å²) < 4.78 is 5.09. The Balaban J connectivity index is 1.52. The van der Waals surface area contributed by atoms with Gasteiger partial charge in [-0.15, -0.1) is 0 Å². The highest BCUT2D eigenvalue weighted by atomic mass is 16.5. The lowest BCUT2D eigenvalue weighted by molar-refractivity contribution is 0.171. The summed E-state index contributed by atoms with van der Waals surface area (Å²) in [5.74, 6) is 1.28. The fourth-order valence-corrected chi connectivity index (χ4v) is 3.80. The van der Waals surface area contributed by atoms with Gasteiger partial charge in [0, 0.05) is 26.3 Å². The van der Waals surface area contributed by atoms with Crippen LogP contribution in [0, 0.1) is 24.2 Å². The van der Waals surface area contributed by atoms with Gasteiger partial charge in [0.05, 0.1) is 11.4 Å². The maximum absolute atomic E-state index is 12.8. The van der Waals surface area contributed by atoms with E-state index in [1.165, 1.54) is 6.33 Å². The molecule has 3 aromatic heterocycles. The first kappa shape index (κ1) is 18.7. The maximum atomic E-state index is 12.8. The number of fused-ring (bicyclic) bond motifs is 1. The van der Waals surface area contributed by atoms with Gasteiger partial charge in [0.1, 0.15) is 35.1 Å². The van der Waals surface area contributed by atoms with E-state index in [2.05, 4.69) is 37.2 Å². The molecule has 29 heavy (non-hydrogen) atoms. The van der Waals surface area contributed by atoms with E-state index in [0.717, 1.165) is 23.3 Å². The Morgan fingerprint density at radius 3 is 3.10 bits per heavy atom. The minimum absolute atomic E-state index is 0.0781. The maximum Gasteiger partial charge on any atom is 0.324 e. The third kappa shape index (κ3) is 3.35. The van der Waals surface area contributed by atoms with Gasteiger partial charge in [-0.25, -0.2) is 14.8 Å². The predicted octanol–water partition coefficient (Wildman–Crippen LogP) is 2.50. The molecule has 2 atom stereocenters. The Morgan fingerprint density at radius 2 is 2.31 bits per heavy atom. The molecule has 0 spiro atoms. The van der Waals surface area contributed by atoms with Crippen LogP contribution < -0.4 is 10.2 Å². The summed E-state index contributed by atoms with van der Waals surface area (Å²) in [6.45, 7) is 4.98. The molecule has 4 heterocycles. The third-order valence-electron chi connectivity index (χ3n) is 5.57. The number of piperidine rings is 1. The van der Waals surface area contributed by atoms with Crippen molar-refractivity contribution < 1.29 is 9.32 Å². The standard InChI is InChI=1S/C19H22N8O2/c1-11-5-7-27(19(28)24-18-14(8-20)12(2)25-29-18)9-15(11)26(3)17-13-4-6-21-16(13)22-10-23-17/h4,6,10-11,15H,5,7,9H2,1-3H3,(H,24,28)(H,21,22,23). The molecule has 0 bridgehead atoms. The van der Waals surface area contributed by atoms with Crippen molar-refractivity contribution in [2.75, 3.05) is 30.4 Å². The van der Waals surface area contributed by atoms with Gasteiger partial charge in [0.15, 0.2) is 0 Å². The third-order valence-corrected chi connectivity index (χ3v) is 5.57. The molecule has 1 saturated heterocycles. The molecule has 2 N–H and O–H groups in total. The zero-order valence-electron chi connectivity index (χ0n) is 16.5. The van der Waals surface area contributed by atoms with Crippen molar-refractivity contribution in [1.29, 1.82) is 5.26 Å². The number of hydrogen-bond acceptors (Lipinski definition) is 7. The Labute approximate surface area is 167 Å². The Hall–Kier alpha value is -3.61. The summed E-state index contributed by atoms with van der Waals surface area (Å²) in [4.78, 5) is 28.5. The van der Waals surface area contributed by atoms with Gasteiger partial charge in [-0.1, -0.05) is 12.1 Å². The quantitative estimate of drug-likeness (QED) is 0.698. The van der Waals surface area contributed by atoms with Crippen LogP contribution in [0.15, 0.2) is 23.1 Å². The largest absolute Gasteiger partial charge is 0.354 e. The second-order valence-electron chi connectivity index (χ2n) is 7.34. The van der Waals surface area contributed by atoms with Gasteiger partial charge >= 0.3 is 6.03 Å². The number of aryl methyl sites for hydroxylation is 1. The van der Waals surface area contributed by atoms with E-state index in [-0.39, 0.29) is 23.5 Å². The van der Waals surface area contributed by atoms with Gasteiger partial charge in [-0.05, 0) is 25.3 Å². The number of carbonyl (C=O) groups is 1. The fraction of sp³-hybridized carbons (Fsp3) is 0.421. The number of nitrogens with one attached hydrogen (secondary N) is 2. The molecule has 1 aliphatic rings. The summed E-state index contributed by atoms with van der Waals surface area (Å²) in [7, 11) is 1.99. The first-order valence-corrected chi connectivity index (χ1v) is 9.42. The number of nitriles is 1. The van der Waals surface area contributed by atoms with Crippen molar-refractivity contribution >= 4 is 28.8 Å². The highest BCUT2D eigenvalue weighted by molar-refractivity contribution is 5.90. The number of likely N-dealkylation sites (N-methyl/N-ethyl adjacent to an activating group) is 1. The summed E-state index contributed by atoms with van der Waals surface area (Å²) in [6, 6.07) is 3.73. The Morgan fingerprint density at radius 1 is 1.48 bits per heavy atom. The average Bonchev–Trinajstić information content (AvgIpc) is 3.33. The number of carbonyl (C=O) groups excluding carboxylic acids is 1. The normalized spacial score (nSPS) is 19.2. The van der Waals surface area contributed by atoms with E-state index in [1.54, 1.807) is 11.8 Å². The number of urea groups is 1. The van der Waals surface area contributed by atoms with Crippen LogP contribution in [-0.4, -0.2) is 57.2 Å². The van der Waals surface area contributed by atoms with Gasteiger partial charge in [0.2, 0.25) is 0 Å². The van der Waals surface area contributed by atoms with Crippen molar-refractivity contribution in [3.05, 3.63) is 29.8 Å². The molecule has 1 fully saturated rings. The molecule has 2 unspecified atom stereocenters. The molecule has 0 saturated carbocycles. The molecule has 0 aliphatic carbocycles. The smallest absolute Gasteiger partial charge is 0.324 e. The summed E-state index contributed by atoms with van der Waals surface area (Å²) >= 11 is 0. The topological polar surface area (TPSA) is 127 Å².